The van der Waals surface area contributed by atoms with Crippen LogP contribution in [0.5, 0.6) is 0 Å². The molecule has 1 saturated carbocycles. The van der Waals surface area contributed by atoms with E-state index in [2.05, 4.69) is 12.2 Å². The second-order valence-corrected chi connectivity index (χ2v) is 7.86. The van der Waals surface area contributed by atoms with Crippen LogP contribution >= 0.6 is 0 Å². The summed E-state index contributed by atoms with van der Waals surface area (Å²) in [4.78, 5) is 36.1. The Kier molecular flexibility index (Phi) is 6.64. The Labute approximate surface area is 160 Å². The maximum Gasteiger partial charge on any atom is 0.306 e. The van der Waals surface area contributed by atoms with E-state index in [-0.39, 0.29) is 37.2 Å². The largest absolute Gasteiger partial charge is 0.456 e. The van der Waals surface area contributed by atoms with Crippen LogP contribution in [0.15, 0.2) is 18.2 Å². The van der Waals surface area contributed by atoms with Crippen molar-refractivity contribution in [1.82, 2.24) is 5.32 Å². The molecule has 2 atom stereocenters. The van der Waals surface area contributed by atoms with Gasteiger partial charge in [-0.15, -0.1) is 0 Å². The van der Waals surface area contributed by atoms with Crippen molar-refractivity contribution in [2.75, 3.05) is 6.61 Å². The van der Waals surface area contributed by atoms with Crippen LogP contribution in [0.25, 0.3) is 0 Å². The van der Waals surface area contributed by atoms with Crippen molar-refractivity contribution in [2.24, 2.45) is 5.92 Å². The molecule has 5 heteroatoms. The van der Waals surface area contributed by atoms with Gasteiger partial charge in [0.1, 0.15) is 0 Å². The first kappa shape index (κ1) is 19.6. The van der Waals surface area contributed by atoms with E-state index in [0.29, 0.717) is 11.5 Å². The molecule has 3 rings (SSSR count). The van der Waals surface area contributed by atoms with Gasteiger partial charge in [-0.3, -0.25) is 14.4 Å². The molecule has 1 aromatic carbocycles. The van der Waals surface area contributed by atoms with Crippen molar-refractivity contribution in [1.29, 1.82) is 0 Å². The molecule has 0 unspecified atom stereocenters. The molecule has 1 aromatic rings. The summed E-state index contributed by atoms with van der Waals surface area (Å²) in [6.07, 6.45) is 7.79. The molecule has 27 heavy (non-hydrogen) atoms. The topological polar surface area (TPSA) is 72.5 Å². The van der Waals surface area contributed by atoms with E-state index in [1.807, 2.05) is 18.2 Å². The van der Waals surface area contributed by atoms with Crippen molar-refractivity contribution in [3.05, 3.63) is 34.9 Å². The third-order valence-corrected chi connectivity index (χ3v) is 5.80. The van der Waals surface area contributed by atoms with E-state index in [4.69, 9.17) is 4.74 Å². The monoisotopic (exact) mass is 371 g/mol. The Morgan fingerprint density at radius 1 is 1.04 bits per heavy atom. The number of esters is 1. The molecule has 0 spiro atoms. The van der Waals surface area contributed by atoms with Crippen molar-refractivity contribution in [3.8, 4) is 0 Å². The Hall–Kier alpha value is -2.17. The van der Waals surface area contributed by atoms with Gasteiger partial charge in [0.15, 0.2) is 12.4 Å². The highest BCUT2D eigenvalue weighted by Gasteiger charge is 2.23. The number of fused-ring (bicyclic) bond motifs is 1. The fourth-order valence-corrected chi connectivity index (χ4v) is 4.10. The molecule has 1 fully saturated rings. The highest BCUT2D eigenvalue weighted by atomic mass is 16.5. The van der Waals surface area contributed by atoms with E-state index in [0.717, 1.165) is 38.5 Å². The van der Waals surface area contributed by atoms with Gasteiger partial charge in [-0.05, 0) is 55.2 Å². The minimum Gasteiger partial charge on any atom is -0.456 e. The normalized spacial score (nSPS) is 21.4. The summed E-state index contributed by atoms with van der Waals surface area (Å²) in [5, 5.41) is 2.96. The zero-order chi connectivity index (χ0) is 19.2. The second-order valence-electron chi connectivity index (χ2n) is 7.86. The minimum absolute atomic E-state index is 0.00301. The molecule has 146 valence electrons. The lowest BCUT2D eigenvalue weighted by molar-refractivity contribution is -0.148. The Morgan fingerprint density at radius 2 is 1.81 bits per heavy atom. The number of amides is 1. The van der Waals surface area contributed by atoms with Crippen molar-refractivity contribution in [3.63, 3.8) is 0 Å². The highest BCUT2D eigenvalue weighted by molar-refractivity contribution is 5.98. The Morgan fingerprint density at radius 3 is 2.63 bits per heavy atom. The zero-order valence-corrected chi connectivity index (χ0v) is 16.1. The maximum atomic E-state index is 12.3. The fraction of sp³-hybridized carbons (Fsp3) is 0.591. The predicted octanol–water partition coefficient (Wildman–Crippen LogP) is 3.38. The van der Waals surface area contributed by atoms with Crippen LogP contribution in [-0.4, -0.2) is 30.3 Å². The molecule has 5 nitrogen and oxygen atoms in total. The number of nitrogens with one attached hydrogen (secondary N) is 1. The lowest BCUT2D eigenvalue weighted by atomic mass is 9.86. The van der Waals surface area contributed by atoms with E-state index in [1.165, 1.54) is 17.5 Å². The summed E-state index contributed by atoms with van der Waals surface area (Å²) in [5.74, 6) is -0.353. The number of carbonyl (C=O) groups excluding carboxylic acids is 3. The van der Waals surface area contributed by atoms with Crippen LogP contribution in [-0.2, 0) is 27.2 Å². The van der Waals surface area contributed by atoms with Crippen LogP contribution in [0, 0.1) is 5.92 Å². The third kappa shape index (κ3) is 5.41. The first-order valence-electron chi connectivity index (χ1n) is 10.1. The first-order valence-corrected chi connectivity index (χ1v) is 10.1. The SMILES string of the molecule is C[C@@H]1CCCC[C@@H]1NC(=O)COC(=O)CCC(=O)c1ccc2c(c1)CCC2. The number of rotatable bonds is 7. The van der Waals surface area contributed by atoms with Gasteiger partial charge in [0.25, 0.3) is 5.91 Å². The molecular formula is C22H29NO4. The van der Waals surface area contributed by atoms with Gasteiger partial charge >= 0.3 is 5.97 Å². The van der Waals surface area contributed by atoms with Crippen molar-refractivity contribution >= 4 is 17.7 Å². The minimum atomic E-state index is -0.503. The quantitative estimate of drug-likeness (QED) is 0.589. The molecule has 2 aliphatic rings. The van der Waals surface area contributed by atoms with E-state index in [9.17, 15) is 14.4 Å². The van der Waals surface area contributed by atoms with Gasteiger partial charge in [0.05, 0.1) is 6.42 Å². The molecule has 0 saturated heterocycles. The van der Waals surface area contributed by atoms with Crippen LogP contribution in [0.4, 0.5) is 0 Å². The summed E-state index contributed by atoms with van der Waals surface area (Å²) in [5.41, 5.74) is 3.23. The lowest BCUT2D eigenvalue weighted by Gasteiger charge is -2.29. The van der Waals surface area contributed by atoms with Gasteiger partial charge < -0.3 is 10.1 Å². The molecule has 2 aliphatic carbocycles. The molecule has 0 radical (unpaired) electrons. The van der Waals surface area contributed by atoms with Crippen LogP contribution in [0.3, 0.4) is 0 Å². The molecule has 0 heterocycles. The smallest absolute Gasteiger partial charge is 0.306 e. The summed E-state index contributed by atoms with van der Waals surface area (Å²) < 4.78 is 5.04. The maximum absolute atomic E-state index is 12.3. The van der Waals surface area contributed by atoms with Crippen molar-refractivity contribution < 1.29 is 19.1 Å². The Bertz CT molecular complexity index is 712. The second kappa shape index (κ2) is 9.16. The molecule has 0 bridgehead atoms. The average molecular weight is 371 g/mol. The first-order chi connectivity index (χ1) is 13.0. The molecular weight excluding hydrogens is 342 g/mol. The predicted molar refractivity (Wildman–Crippen MR) is 103 cm³/mol. The number of Topliss-reactive ketones (excluding diaryl/α,β-unsaturated/α-hetero) is 1. The van der Waals surface area contributed by atoms with E-state index < -0.39 is 5.97 Å². The van der Waals surface area contributed by atoms with Crippen LogP contribution < -0.4 is 5.32 Å². The number of ketones is 1. The molecule has 0 aliphatic heterocycles. The third-order valence-electron chi connectivity index (χ3n) is 5.80. The number of hydrogen-bond donors (Lipinski definition) is 1. The highest BCUT2D eigenvalue weighted by Crippen LogP contribution is 2.24. The van der Waals surface area contributed by atoms with Crippen molar-refractivity contribution in [2.45, 2.75) is 70.8 Å². The van der Waals surface area contributed by atoms with Gasteiger partial charge in [-0.25, -0.2) is 0 Å². The fourth-order valence-electron chi connectivity index (χ4n) is 4.10. The number of aryl methyl sites for hydroxylation is 2. The summed E-state index contributed by atoms with van der Waals surface area (Å²) in [6, 6.07) is 5.99. The molecule has 0 aromatic heterocycles. The average Bonchev–Trinajstić information content (AvgIpc) is 3.14. The number of hydrogen-bond acceptors (Lipinski definition) is 4. The van der Waals surface area contributed by atoms with Gasteiger partial charge in [-0.2, -0.15) is 0 Å². The number of ether oxygens (including phenoxy) is 1. The molecule has 1 amide bonds. The Balaban J connectivity index is 1.38. The van der Waals surface area contributed by atoms with E-state index in [1.54, 1.807) is 0 Å². The van der Waals surface area contributed by atoms with E-state index >= 15 is 0 Å². The zero-order valence-electron chi connectivity index (χ0n) is 16.1. The van der Waals surface area contributed by atoms with Gasteiger partial charge in [-0.1, -0.05) is 31.9 Å². The number of carbonyl (C=O) groups is 3. The van der Waals surface area contributed by atoms with Gasteiger partial charge in [0.2, 0.25) is 0 Å². The summed E-state index contributed by atoms with van der Waals surface area (Å²) in [7, 11) is 0. The van der Waals surface area contributed by atoms with Crippen LogP contribution in [0.2, 0.25) is 0 Å². The van der Waals surface area contributed by atoms with Crippen LogP contribution in [0.1, 0.15) is 73.4 Å². The lowest BCUT2D eigenvalue weighted by Crippen LogP contribution is -2.42. The number of benzene rings is 1. The summed E-state index contributed by atoms with van der Waals surface area (Å²) >= 11 is 0. The standard InChI is InChI=1S/C22H29NO4/c1-15-5-2-3-8-19(15)23-21(25)14-27-22(26)12-11-20(24)18-10-9-16-6-4-7-17(16)13-18/h9-10,13,15,19H,2-8,11-12,14H2,1H3,(H,23,25)/t15-,19+/m1/s1. The van der Waals surface area contributed by atoms with Gasteiger partial charge in [0, 0.05) is 18.0 Å². The molecule has 1 N–H and O–H groups in total. The summed E-state index contributed by atoms with van der Waals surface area (Å²) in [6.45, 7) is 1.87.